The largest absolute Gasteiger partial charge is 0.506 e. The van der Waals surface area contributed by atoms with Crippen molar-refractivity contribution in [2.75, 3.05) is 18.0 Å². The first kappa shape index (κ1) is 15.2. The lowest BCUT2D eigenvalue weighted by molar-refractivity contribution is -0.117. The number of carbonyl (C=O) groups is 1. The van der Waals surface area contributed by atoms with E-state index in [4.69, 9.17) is 4.74 Å². The summed E-state index contributed by atoms with van der Waals surface area (Å²) in [5.74, 6) is -1.78. The van der Waals surface area contributed by atoms with Crippen molar-refractivity contribution < 1.29 is 23.2 Å². The fourth-order valence-corrected chi connectivity index (χ4v) is 3.05. The fraction of sp³-hybridized carbons (Fsp3) is 0.154. The predicted molar refractivity (Wildman–Crippen MR) is 79.3 cm³/mol. The van der Waals surface area contributed by atoms with Crippen molar-refractivity contribution in [3.63, 3.8) is 0 Å². The molecule has 1 aliphatic heterocycles. The molecule has 1 atom stereocenters. The fourth-order valence-electron chi connectivity index (χ4n) is 2.11. The van der Waals surface area contributed by atoms with E-state index < -0.39 is 28.6 Å². The number of phenolic OH excluding ortho intramolecular Hbond substituents is 1. The van der Waals surface area contributed by atoms with Crippen LogP contribution in [0.3, 0.4) is 0 Å². The third kappa shape index (κ3) is 2.68. The molecule has 10 heteroatoms. The molecule has 0 bridgehead atoms. The van der Waals surface area contributed by atoms with Crippen LogP contribution in [0.4, 0.5) is 10.1 Å². The standard InChI is InChI=1S/C13H11FN4O4S/c1-22-13-15-4-7(5-16-13)8-2-3-9(19)12(11(8)14)18-6-10(20)17-23(18)21/h2-5,19H,6H2,1H3,(H,17,20). The van der Waals surface area contributed by atoms with E-state index in [-0.39, 0.29) is 23.8 Å². The van der Waals surface area contributed by atoms with Crippen molar-refractivity contribution in [1.29, 1.82) is 0 Å². The highest BCUT2D eigenvalue weighted by atomic mass is 32.2. The molecule has 0 aliphatic carbocycles. The van der Waals surface area contributed by atoms with Gasteiger partial charge in [-0.3, -0.25) is 13.8 Å². The summed E-state index contributed by atoms with van der Waals surface area (Å²) in [4.78, 5) is 19.1. The third-order valence-electron chi connectivity index (χ3n) is 3.15. The quantitative estimate of drug-likeness (QED) is 0.845. The van der Waals surface area contributed by atoms with E-state index in [2.05, 4.69) is 14.7 Å². The number of carbonyl (C=O) groups excluding carboxylic acids is 1. The molecule has 1 aromatic carbocycles. The summed E-state index contributed by atoms with van der Waals surface area (Å²) in [6.07, 6.45) is 2.71. The number of anilines is 1. The molecule has 2 N–H and O–H groups in total. The van der Waals surface area contributed by atoms with Gasteiger partial charge in [0, 0.05) is 23.5 Å². The number of nitrogens with zero attached hydrogens (tertiary/aromatic N) is 3. The molecule has 8 nitrogen and oxygen atoms in total. The lowest BCUT2D eigenvalue weighted by Gasteiger charge is -2.17. The smallest absolute Gasteiger partial charge is 0.316 e. The summed E-state index contributed by atoms with van der Waals surface area (Å²) in [6, 6.07) is 2.72. The number of ether oxygens (including phenoxy) is 1. The number of benzene rings is 1. The van der Waals surface area contributed by atoms with Crippen molar-refractivity contribution in [1.82, 2.24) is 14.7 Å². The number of hydrogen-bond acceptors (Lipinski definition) is 6. The van der Waals surface area contributed by atoms with Gasteiger partial charge >= 0.3 is 6.01 Å². The molecule has 0 radical (unpaired) electrons. The van der Waals surface area contributed by atoms with E-state index in [1.807, 2.05) is 0 Å². The molecule has 1 aliphatic rings. The van der Waals surface area contributed by atoms with Crippen molar-refractivity contribution in [2.24, 2.45) is 0 Å². The van der Waals surface area contributed by atoms with Crippen LogP contribution < -0.4 is 13.8 Å². The number of rotatable bonds is 3. The maximum Gasteiger partial charge on any atom is 0.316 e. The van der Waals surface area contributed by atoms with Gasteiger partial charge in [-0.1, -0.05) is 0 Å². The molecule has 2 heterocycles. The Labute approximate surface area is 132 Å². The van der Waals surface area contributed by atoms with Crippen LogP contribution in [-0.4, -0.2) is 38.8 Å². The number of halogens is 1. The van der Waals surface area contributed by atoms with E-state index in [1.54, 1.807) is 0 Å². The van der Waals surface area contributed by atoms with Crippen LogP contribution in [0.5, 0.6) is 11.8 Å². The van der Waals surface area contributed by atoms with Crippen molar-refractivity contribution >= 4 is 22.8 Å². The molecule has 1 fully saturated rings. The minimum atomic E-state index is -1.95. The summed E-state index contributed by atoms with van der Waals surface area (Å²) in [7, 11) is 1.40. The Kier molecular flexibility index (Phi) is 3.82. The highest BCUT2D eigenvalue weighted by Crippen LogP contribution is 2.37. The third-order valence-corrected chi connectivity index (χ3v) is 4.27. The van der Waals surface area contributed by atoms with Gasteiger partial charge in [0.25, 0.3) is 5.91 Å². The topological polar surface area (TPSA) is 105 Å². The Morgan fingerprint density at radius 1 is 1.39 bits per heavy atom. The van der Waals surface area contributed by atoms with Gasteiger partial charge in [0.05, 0.1) is 7.11 Å². The van der Waals surface area contributed by atoms with Gasteiger partial charge in [-0.05, 0) is 12.1 Å². The van der Waals surface area contributed by atoms with Crippen molar-refractivity contribution in [3.05, 3.63) is 30.3 Å². The van der Waals surface area contributed by atoms with Crippen LogP contribution in [0.15, 0.2) is 24.5 Å². The molecule has 1 saturated heterocycles. The van der Waals surface area contributed by atoms with Crippen LogP contribution in [0.1, 0.15) is 0 Å². The molecular formula is C13H11FN4O4S. The predicted octanol–water partition coefficient (Wildman–Crippen LogP) is 0.512. The Bertz CT molecular complexity index is 799. The summed E-state index contributed by atoms with van der Waals surface area (Å²) in [5, 5.41) is 9.90. The summed E-state index contributed by atoms with van der Waals surface area (Å²) in [6.45, 7) is -0.320. The molecule has 2 aromatic rings. The van der Waals surface area contributed by atoms with E-state index >= 15 is 0 Å². The number of nitrogens with one attached hydrogen (secondary N) is 1. The van der Waals surface area contributed by atoms with E-state index in [9.17, 15) is 18.5 Å². The van der Waals surface area contributed by atoms with Crippen molar-refractivity contribution in [3.8, 4) is 22.9 Å². The molecule has 120 valence electrons. The molecule has 0 spiro atoms. The normalized spacial score (nSPS) is 17.2. The number of amides is 1. The number of hydrogen-bond donors (Lipinski definition) is 2. The lowest BCUT2D eigenvalue weighted by atomic mass is 10.1. The maximum atomic E-state index is 14.8. The summed E-state index contributed by atoms with van der Waals surface area (Å²) >= 11 is -1.95. The van der Waals surface area contributed by atoms with Crippen LogP contribution in [0.2, 0.25) is 0 Å². The summed E-state index contributed by atoms with van der Waals surface area (Å²) in [5.41, 5.74) is 0.112. The highest BCUT2D eigenvalue weighted by Gasteiger charge is 2.32. The minimum absolute atomic E-state index is 0.0943. The molecule has 3 rings (SSSR count). The zero-order valence-corrected chi connectivity index (χ0v) is 12.6. The Morgan fingerprint density at radius 3 is 2.65 bits per heavy atom. The van der Waals surface area contributed by atoms with Crippen LogP contribution in [0.25, 0.3) is 11.1 Å². The SMILES string of the molecule is COc1ncc(-c2ccc(O)c(N3CC(=O)NS3=O)c2F)cn1. The number of aromatic nitrogens is 2. The molecule has 1 unspecified atom stereocenters. The van der Waals surface area contributed by atoms with Gasteiger partial charge in [-0.25, -0.2) is 18.6 Å². The first-order valence-corrected chi connectivity index (χ1v) is 7.48. The van der Waals surface area contributed by atoms with E-state index in [1.165, 1.54) is 31.6 Å². The maximum absolute atomic E-state index is 14.8. The van der Waals surface area contributed by atoms with Crippen molar-refractivity contribution in [2.45, 2.75) is 0 Å². The molecule has 1 amide bonds. The van der Waals surface area contributed by atoms with Gasteiger partial charge < -0.3 is 9.84 Å². The Balaban J connectivity index is 2.08. The second-order valence-electron chi connectivity index (χ2n) is 4.56. The van der Waals surface area contributed by atoms with E-state index in [0.29, 0.717) is 5.56 Å². The van der Waals surface area contributed by atoms with Gasteiger partial charge in [0.15, 0.2) is 5.82 Å². The Hall–Kier alpha value is -2.75. The van der Waals surface area contributed by atoms with E-state index in [0.717, 1.165) is 4.31 Å². The van der Waals surface area contributed by atoms with Crippen LogP contribution in [0, 0.1) is 5.82 Å². The summed E-state index contributed by atoms with van der Waals surface area (Å²) < 4.78 is 34.5. The second-order valence-corrected chi connectivity index (χ2v) is 5.71. The first-order valence-electron chi connectivity index (χ1n) is 6.38. The first-order chi connectivity index (χ1) is 11.0. The number of aromatic hydroxyl groups is 1. The minimum Gasteiger partial charge on any atom is -0.506 e. The zero-order chi connectivity index (χ0) is 16.6. The zero-order valence-electron chi connectivity index (χ0n) is 11.8. The van der Waals surface area contributed by atoms with Gasteiger partial charge in [0.1, 0.15) is 18.0 Å². The number of phenols is 1. The number of methoxy groups -OCH3 is 1. The molecule has 0 saturated carbocycles. The molecule has 23 heavy (non-hydrogen) atoms. The highest BCUT2D eigenvalue weighted by molar-refractivity contribution is 7.85. The van der Waals surface area contributed by atoms with Crippen LogP contribution in [-0.2, 0) is 16.0 Å². The Morgan fingerprint density at radius 2 is 2.09 bits per heavy atom. The van der Waals surface area contributed by atoms with Crippen LogP contribution >= 0.6 is 0 Å². The average Bonchev–Trinajstić information content (AvgIpc) is 2.86. The average molecular weight is 338 g/mol. The van der Waals surface area contributed by atoms with Gasteiger partial charge in [-0.15, -0.1) is 0 Å². The second kappa shape index (κ2) is 5.80. The van der Waals surface area contributed by atoms with Gasteiger partial charge in [-0.2, -0.15) is 0 Å². The molecular weight excluding hydrogens is 327 g/mol. The monoisotopic (exact) mass is 338 g/mol. The molecule has 1 aromatic heterocycles. The van der Waals surface area contributed by atoms with Gasteiger partial charge in [0.2, 0.25) is 11.2 Å². The lowest BCUT2D eigenvalue weighted by Crippen LogP contribution is -2.23.